The number of rotatable bonds is 7. The van der Waals surface area contributed by atoms with E-state index < -0.39 is 0 Å². The Labute approximate surface area is 115 Å². The largest absolute Gasteiger partial charge is 0.356 e. The first-order valence-electron chi connectivity index (χ1n) is 6.25. The maximum atomic E-state index is 11.5. The number of carbonyl (C=O) groups excluding carboxylic acids is 1. The molecule has 1 amide bonds. The molecule has 0 heterocycles. The number of likely N-dealkylation sites (N-methyl/N-ethyl adjacent to an activating group) is 1. The van der Waals surface area contributed by atoms with Crippen molar-refractivity contribution in [1.29, 1.82) is 0 Å². The van der Waals surface area contributed by atoms with Gasteiger partial charge in [0.05, 0.1) is 0 Å². The van der Waals surface area contributed by atoms with Gasteiger partial charge >= 0.3 is 0 Å². The third kappa shape index (κ3) is 8.22. The molecule has 0 aliphatic carbocycles. The van der Waals surface area contributed by atoms with Gasteiger partial charge in [0.25, 0.3) is 0 Å². The molecule has 5 nitrogen and oxygen atoms in total. The molecule has 0 spiro atoms. The average molecular weight is 274 g/mol. The molecule has 0 radical (unpaired) electrons. The SMILES string of the molecule is CCC(C)NC(=NCC(=O)N(C)C)NCCSC. The van der Waals surface area contributed by atoms with E-state index in [4.69, 9.17) is 0 Å². The zero-order valence-electron chi connectivity index (χ0n) is 12.1. The summed E-state index contributed by atoms with van der Waals surface area (Å²) in [6, 6.07) is 0.347. The molecule has 0 fully saturated rings. The molecule has 2 N–H and O–H groups in total. The third-order valence-corrected chi connectivity index (χ3v) is 3.08. The zero-order valence-corrected chi connectivity index (χ0v) is 12.9. The van der Waals surface area contributed by atoms with Crippen LogP contribution in [0.2, 0.25) is 0 Å². The molecule has 0 saturated heterocycles. The van der Waals surface area contributed by atoms with E-state index in [0.717, 1.165) is 18.7 Å². The maximum absolute atomic E-state index is 11.5. The van der Waals surface area contributed by atoms with Crippen molar-refractivity contribution >= 4 is 23.6 Å². The first-order chi connectivity index (χ1) is 8.51. The zero-order chi connectivity index (χ0) is 14.0. The second-order valence-electron chi connectivity index (χ2n) is 4.33. The van der Waals surface area contributed by atoms with Crippen molar-refractivity contribution in [2.45, 2.75) is 26.3 Å². The number of hydrogen-bond acceptors (Lipinski definition) is 3. The van der Waals surface area contributed by atoms with Crippen LogP contribution in [0.15, 0.2) is 4.99 Å². The summed E-state index contributed by atoms with van der Waals surface area (Å²) < 4.78 is 0. The number of guanidine groups is 1. The minimum absolute atomic E-state index is 0.00474. The van der Waals surface area contributed by atoms with E-state index in [1.54, 1.807) is 30.8 Å². The summed E-state index contributed by atoms with van der Waals surface area (Å²) in [4.78, 5) is 17.3. The van der Waals surface area contributed by atoms with E-state index in [9.17, 15) is 4.79 Å². The van der Waals surface area contributed by atoms with Gasteiger partial charge in [-0.15, -0.1) is 0 Å². The van der Waals surface area contributed by atoms with Gasteiger partial charge in [-0.3, -0.25) is 4.79 Å². The van der Waals surface area contributed by atoms with Crippen molar-refractivity contribution in [3.8, 4) is 0 Å². The van der Waals surface area contributed by atoms with E-state index in [1.807, 2.05) is 0 Å². The Bertz CT molecular complexity index is 269. The standard InChI is InChI=1S/C12H26N4OS/c1-6-10(2)15-12(13-7-8-18-5)14-9-11(17)16(3)4/h10H,6-9H2,1-5H3,(H2,13,14,15). The number of hydrogen-bond donors (Lipinski definition) is 2. The Hall–Kier alpha value is -0.910. The van der Waals surface area contributed by atoms with Gasteiger partial charge in [-0.1, -0.05) is 6.92 Å². The molecule has 0 aromatic rings. The number of nitrogens with zero attached hydrogens (tertiary/aromatic N) is 2. The van der Waals surface area contributed by atoms with Crippen LogP contribution in [0.1, 0.15) is 20.3 Å². The lowest BCUT2D eigenvalue weighted by molar-refractivity contribution is -0.127. The molecule has 0 aromatic carbocycles. The second-order valence-corrected chi connectivity index (χ2v) is 5.31. The normalized spacial score (nSPS) is 13.1. The quantitative estimate of drug-likeness (QED) is 0.409. The first-order valence-corrected chi connectivity index (χ1v) is 7.64. The van der Waals surface area contributed by atoms with Crippen LogP contribution < -0.4 is 10.6 Å². The number of amides is 1. The van der Waals surface area contributed by atoms with E-state index in [0.29, 0.717) is 12.0 Å². The van der Waals surface area contributed by atoms with Crippen LogP contribution in [0.5, 0.6) is 0 Å². The molecule has 18 heavy (non-hydrogen) atoms. The summed E-state index contributed by atoms with van der Waals surface area (Å²) in [5.74, 6) is 1.74. The van der Waals surface area contributed by atoms with Crippen LogP contribution in [-0.2, 0) is 4.79 Å². The Morgan fingerprint density at radius 1 is 1.44 bits per heavy atom. The monoisotopic (exact) mass is 274 g/mol. The van der Waals surface area contributed by atoms with Crippen molar-refractivity contribution in [2.75, 3.05) is 39.2 Å². The fraction of sp³-hybridized carbons (Fsp3) is 0.833. The predicted octanol–water partition coefficient (Wildman–Crippen LogP) is 0.771. The Balaban J connectivity index is 4.34. The molecule has 1 atom stereocenters. The lowest BCUT2D eigenvalue weighted by Crippen LogP contribution is -2.43. The highest BCUT2D eigenvalue weighted by molar-refractivity contribution is 7.98. The van der Waals surface area contributed by atoms with Gasteiger partial charge in [-0.25, -0.2) is 4.99 Å². The number of nitrogens with one attached hydrogen (secondary N) is 2. The van der Waals surface area contributed by atoms with Crippen LogP contribution >= 0.6 is 11.8 Å². The molecule has 0 rings (SSSR count). The summed E-state index contributed by atoms with van der Waals surface area (Å²) in [5, 5.41) is 6.51. The van der Waals surface area contributed by atoms with Crippen LogP contribution in [0.25, 0.3) is 0 Å². The molecule has 0 aromatic heterocycles. The van der Waals surface area contributed by atoms with Gasteiger partial charge in [-0.2, -0.15) is 11.8 Å². The van der Waals surface area contributed by atoms with Crippen LogP contribution in [0.3, 0.4) is 0 Å². The summed E-state index contributed by atoms with van der Waals surface area (Å²) in [7, 11) is 3.47. The lowest BCUT2D eigenvalue weighted by Gasteiger charge is -2.17. The van der Waals surface area contributed by atoms with Crippen LogP contribution in [-0.4, -0.2) is 62.0 Å². The van der Waals surface area contributed by atoms with Crippen molar-refractivity contribution in [3.05, 3.63) is 0 Å². The Morgan fingerprint density at radius 2 is 2.11 bits per heavy atom. The minimum atomic E-state index is 0.00474. The first kappa shape index (κ1) is 17.1. The average Bonchev–Trinajstić information content (AvgIpc) is 2.35. The summed E-state index contributed by atoms with van der Waals surface area (Å²) in [6.07, 6.45) is 3.08. The van der Waals surface area contributed by atoms with Crippen molar-refractivity contribution in [1.82, 2.24) is 15.5 Å². The van der Waals surface area contributed by atoms with E-state index in [-0.39, 0.29) is 12.5 Å². The van der Waals surface area contributed by atoms with Crippen LogP contribution in [0.4, 0.5) is 0 Å². The fourth-order valence-corrected chi connectivity index (χ4v) is 1.35. The van der Waals surface area contributed by atoms with Crippen molar-refractivity contribution < 1.29 is 4.79 Å². The molecule has 6 heteroatoms. The second kappa shape index (κ2) is 10.1. The molecule has 0 aliphatic rings. The van der Waals surface area contributed by atoms with E-state index >= 15 is 0 Å². The molecular weight excluding hydrogens is 248 g/mol. The Morgan fingerprint density at radius 3 is 2.61 bits per heavy atom. The highest BCUT2D eigenvalue weighted by atomic mass is 32.2. The topological polar surface area (TPSA) is 56.7 Å². The molecule has 0 saturated carbocycles. The molecule has 0 aliphatic heterocycles. The van der Waals surface area contributed by atoms with Gasteiger partial charge in [0, 0.05) is 32.4 Å². The van der Waals surface area contributed by atoms with Gasteiger partial charge in [-0.05, 0) is 19.6 Å². The molecule has 1 unspecified atom stereocenters. The highest BCUT2D eigenvalue weighted by Crippen LogP contribution is 1.90. The summed E-state index contributed by atoms with van der Waals surface area (Å²) in [6.45, 7) is 5.24. The summed E-state index contributed by atoms with van der Waals surface area (Å²) in [5.41, 5.74) is 0. The van der Waals surface area contributed by atoms with E-state index in [1.165, 1.54) is 0 Å². The number of thioether (sulfide) groups is 1. The number of carbonyl (C=O) groups is 1. The smallest absolute Gasteiger partial charge is 0.243 e. The van der Waals surface area contributed by atoms with Gasteiger partial charge < -0.3 is 15.5 Å². The third-order valence-electron chi connectivity index (χ3n) is 2.47. The van der Waals surface area contributed by atoms with Gasteiger partial charge in [0.1, 0.15) is 6.54 Å². The lowest BCUT2D eigenvalue weighted by atomic mass is 10.3. The molecule has 0 bridgehead atoms. The van der Waals surface area contributed by atoms with Crippen molar-refractivity contribution in [2.24, 2.45) is 4.99 Å². The van der Waals surface area contributed by atoms with Crippen molar-refractivity contribution in [3.63, 3.8) is 0 Å². The van der Waals surface area contributed by atoms with Gasteiger partial charge in [0.2, 0.25) is 5.91 Å². The fourth-order valence-electron chi connectivity index (χ4n) is 1.05. The molecular formula is C12H26N4OS. The Kier molecular flexibility index (Phi) is 9.55. The van der Waals surface area contributed by atoms with E-state index in [2.05, 4.69) is 35.7 Å². The minimum Gasteiger partial charge on any atom is -0.356 e. The highest BCUT2D eigenvalue weighted by Gasteiger charge is 2.06. The maximum Gasteiger partial charge on any atom is 0.243 e. The summed E-state index contributed by atoms with van der Waals surface area (Å²) >= 11 is 1.78. The van der Waals surface area contributed by atoms with Crippen LogP contribution in [0, 0.1) is 0 Å². The predicted molar refractivity (Wildman–Crippen MR) is 80.3 cm³/mol. The molecule has 106 valence electrons. The van der Waals surface area contributed by atoms with Gasteiger partial charge in [0.15, 0.2) is 5.96 Å². The number of aliphatic imine (C=N–C) groups is 1.